The lowest BCUT2D eigenvalue weighted by Crippen LogP contribution is -2.55. The normalized spacial score (nSPS) is 24.3. The highest BCUT2D eigenvalue weighted by molar-refractivity contribution is 7.12. The molecule has 8 nitrogen and oxygen atoms in total. The maximum absolute atomic E-state index is 14.2. The van der Waals surface area contributed by atoms with E-state index in [4.69, 9.17) is 25.8 Å². The third-order valence-electron chi connectivity index (χ3n) is 7.09. The fourth-order valence-electron chi connectivity index (χ4n) is 5.51. The van der Waals surface area contributed by atoms with Gasteiger partial charge in [0.15, 0.2) is 17.3 Å². The molecule has 1 N–H and O–H groups in total. The molecule has 0 saturated carbocycles. The molecule has 0 spiro atoms. The molecule has 4 unspecified atom stereocenters. The number of methoxy groups -OCH3 is 1. The summed E-state index contributed by atoms with van der Waals surface area (Å²) in [6.45, 7) is 1.19. The predicted molar refractivity (Wildman–Crippen MR) is 136 cm³/mol. The van der Waals surface area contributed by atoms with Crippen LogP contribution in [0.1, 0.15) is 39.7 Å². The van der Waals surface area contributed by atoms with Crippen molar-refractivity contribution in [2.24, 2.45) is 5.92 Å². The molecule has 4 atom stereocenters. The third-order valence-corrected chi connectivity index (χ3v) is 8.22. The molecule has 1 amide bonds. The van der Waals surface area contributed by atoms with E-state index in [-0.39, 0.29) is 19.2 Å². The monoisotopic (exact) mass is 541 g/mol. The van der Waals surface area contributed by atoms with Crippen LogP contribution < -0.4 is 9.47 Å². The molecular weight excluding hydrogens is 518 g/mol. The van der Waals surface area contributed by atoms with Gasteiger partial charge in [-0.15, -0.1) is 11.3 Å². The molecule has 2 aliphatic rings. The minimum atomic E-state index is -1.79. The van der Waals surface area contributed by atoms with Crippen LogP contribution in [0.4, 0.5) is 0 Å². The zero-order valence-corrected chi connectivity index (χ0v) is 21.6. The second-order valence-corrected chi connectivity index (χ2v) is 10.5. The molecule has 10 heteroatoms. The van der Waals surface area contributed by atoms with Crippen LogP contribution in [0.3, 0.4) is 0 Å². The number of amides is 1. The van der Waals surface area contributed by atoms with Crippen molar-refractivity contribution >= 4 is 40.6 Å². The minimum Gasteiger partial charge on any atom is -0.479 e. The highest BCUT2D eigenvalue weighted by Crippen LogP contribution is 2.57. The van der Waals surface area contributed by atoms with Gasteiger partial charge in [-0.1, -0.05) is 35.9 Å². The maximum Gasteiger partial charge on any atom is 0.330 e. The molecule has 0 radical (unpaired) electrons. The van der Waals surface area contributed by atoms with Crippen LogP contribution >= 0.6 is 22.9 Å². The summed E-state index contributed by atoms with van der Waals surface area (Å²) >= 11 is 7.42. The van der Waals surface area contributed by atoms with Crippen LogP contribution in [0.15, 0.2) is 60.0 Å². The number of Topliss-reactive ketones (excluding diaryl/α,β-unsaturated/α-hetero) is 1. The molecule has 192 valence electrons. The average Bonchev–Trinajstić information content (AvgIpc) is 3.62. The summed E-state index contributed by atoms with van der Waals surface area (Å²) in [4.78, 5) is 42.7. The number of carbonyl (C=O) groups excluding carboxylic acids is 2. The molecular formula is C27H24ClNO7S. The lowest BCUT2D eigenvalue weighted by Gasteiger charge is -2.37. The summed E-state index contributed by atoms with van der Waals surface area (Å²) < 4.78 is 16.2. The Labute approximate surface area is 222 Å². The van der Waals surface area contributed by atoms with E-state index in [0.717, 1.165) is 0 Å². The number of ether oxygens (including phenoxy) is 3. The molecule has 1 fully saturated rings. The van der Waals surface area contributed by atoms with E-state index in [2.05, 4.69) is 0 Å². The van der Waals surface area contributed by atoms with E-state index in [1.165, 1.54) is 30.3 Å². The van der Waals surface area contributed by atoms with Crippen molar-refractivity contribution in [2.75, 3.05) is 20.5 Å². The second kappa shape index (κ2) is 9.81. The molecule has 37 heavy (non-hydrogen) atoms. The number of rotatable bonds is 7. The summed E-state index contributed by atoms with van der Waals surface area (Å²) in [6, 6.07) is 14.4. The van der Waals surface area contributed by atoms with E-state index in [9.17, 15) is 19.5 Å². The van der Waals surface area contributed by atoms with Gasteiger partial charge >= 0.3 is 5.97 Å². The van der Waals surface area contributed by atoms with Gasteiger partial charge < -0.3 is 24.2 Å². The molecule has 3 aromatic rings. The number of nitrogens with zero attached hydrogens (tertiary/aromatic N) is 1. The van der Waals surface area contributed by atoms with Crippen LogP contribution in [0.5, 0.6) is 11.5 Å². The van der Waals surface area contributed by atoms with Gasteiger partial charge in [-0.3, -0.25) is 9.59 Å². The van der Waals surface area contributed by atoms with Crippen LogP contribution in [-0.2, 0) is 14.3 Å². The Bertz CT molecular complexity index is 1340. The summed E-state index contributed by atoms with van der Waals surface area (Å²) in [5, 5.41) is 12.9. The number of benzene rings is 2. The lowest BCUT2D eigenvalue weighted by molar-refractivity contribution is -0.159. The lowest BCUT2D eigenvalue weighted by atomic mass is 9.72. The zero-order valence-electron chi connectivity index (χ0n) is 20.0. The van der Waals surface area contributed by atoms with Crippen LogP contribution in [0, 0.1) is 5.92 Å². The molecule has 1 aromatic heterocycles. The number of hydrogen-bond donors (Lipinski definition) is 1. The number of carboxylic acids is 1. The Balaban J connectivity index is 1.78. The molecule has 5 rings (SSSR count). The summed E-state index contributed by atoms with van der Waals surface area (Å²) in [5.41, 5.74) is -0.641. The van der Waals surface area contributed by atoms with Gasteiger partial charge in [0.2, 0.25) is 12.7 Å². The first-order valence-corrected chi connectivity index (χ1v) is 12.8. The van der Waals surface area contributed by atoms with E-state index in [1.54, 1.807) is 60.0 Å². The van der Waals surface area contributed by atoms with Crippen molar-refractivity contribution in [1.29, 1.82) is 0 Å². The van der Waals surface area contributed by atoms with E-state index in [0.29, 0.717) is 32.5 Å². The largest absolute Gasteiger partial charge is 0.479 e. The Hall–Kier alpha value is -3.40. The van der Waals surface area contributed by atoms with Crippen molar-refractivity contribution in [2.45, 2.75) is 24.4 Å². The van der Waals surface area contributed by atoms with E-state index < -0.39 is 35.3 Å². The number of likely N-dealkylation sites (tertiary alicyclic amines) is 1. The topological polar surface area (TPSA) is 102 Å². The number of aliphatic carboxylic acids is 1. The van der Waals surface area contributed by atoms with Crippen molar-refractivity contribution in [3.63, 3.8) is 0 Å². The van der Waals surface area contributed by atoms with Crippen molar-refractivity contribution in [3.8, 4) is 11.5 Å². The Morgan fingerprint density at radius 3 is 2.46 bits per heavy atom. The summed E-state index contributed by atoms with van der Waals surface area (Å²) in [5.74, 6) is -2.86. The van der Waals surface area contributed by atoms with Crippen LogP contribution in [0.25, 0.3) is 0 Å². The first kappa shape index (κ1) is 25.3. The predicted octanol–water partition coefficient (Wildman–Crippen LogP) is 4.79. The highest BCUT2D eigenvalue weighted by atomic mass is 35.5. The Kier molecular flexibility index (Phi) is 6.70. The molecule has 2 aliphatic heterocycles. The standard InChI is InChI=1S/C27H24ClNO7S/c1-27(26(32)33)23(15-5-8-17(28)9-6-15)22(25(31)20-4-3-11-37-20)24(29(27)21(30)13-34-2)16-7-10-18-19(12-16)36-14-35-18/h3-12,22-24H,13-14H2,1-2H3,(H,32,33). The molecule has 2 aromatic carbocycles. The average molecular weight is 542 g/mol. The smallest absolute Gasteiger partial charge is 0.330 e. The SMILES string of the molecule is COCC(=O)N1C(c2ccc3c(c2)OCO3)C(C(=O)c2cccs2)C(c2ccc(Cl)cc2)C1(C)C(=O)O. The first-order valence-electron chi connectivity index (χ1n) is 11.5. The zero-order chi connectivity index (χ0) is 26.3. The quantitative estimate of drug-likeness (QED) is 0.429. The number of thiophene rings is 1. The van der Waals surface area contributed by atoms with Gasteiger partial charge in [0.25, 0.3) is 0 Å². The van der Waals surface area contributed by atoms with Gasteiger partial charge in [0, 0.05) is 18.1 Å². The molecule has 0 aliphatic carbocycles. The molecule has 3 heterocycles. The maximum atomic E-state index is 14.2. The summed E-state index contributed by atoms with van der Waals surface area (Å²) in [7, 11) is 1.37. The summed E-state index contributed by atoms with van der Waals surface area (Å²) in [6.07, 6.45) is 0. The van der Waals surface area contributed by atoms with Gasteiger partial charge in [-0.2, -0.15) is 0 Å². The van der Waals surface area contributed by atoms with Gasteiger partial charge in [0.05, 0.1) is 16.8 Å². The number of fused-ring (bicyclic) bond motifs is 1. The van der Waals surface area contributed by atoms with Gasteiger partial charge in [-0.05, 0) is 53.8 Å². The first-order chi connectivity index (χ1) is 17.8. The number of ketones is 1. The number of carboxylic acid groups (broad SMARTS) is 1. The minimum absolute atomic E-state index is 0.0492. The number of halogens is 1. The third kappa shape index (κ3) is 4.17. The van der Waals surface area contributed by atoms with Gasteiger partial charge in [0.1, 0.15) is 12.1 Å². The number of carbonyl (C=O) groups is 3. The Morgan fingerprint density at radius 2 is 1.81 bits per heavy atom. The highest BCUT2D eigenvalue weighted by Gasteiger charge is 2.65. The van der Waals surface area contributed by atoms with E-state index >= 15 is 0 Å². The second-order valence-electron chi connectivity index (χ2n) is 9.10. The van der Waals surface area contributed by atoms with Crippen LogP contribution in [-0.4, -0.2) is 53.7 Å². The van der Waals surface area contributed by atoms with E-state index in [1.807, 2.05) is 0 Å². The fraction of sp³-hybridized carbons (Fsp3) is 0.296. The van der Waals surface area contributed by atoms with Gasteiger partial charge in [-0.25, -0.2) is 4.79 Å². The molecule has 1 saturated heterocycles. The fourth-order valence-corrected chi connectivity index (χ4v) is 6.35. The van der Waals surface area contributed by atoms with Crippen molar-refractivity contribution in [3.05, 3.63) is 81.0 Å². The Morgan fingerprint density at radius 1 is 1.11 bits per heavy atom. The van der Waals surface area contributed by atoms with Crippen LogP contribution in [0.2, 0.25) is 5.02 Å². The van der Waals surface area contributed by atoms with Crippen molar-refractivity contribution < 1.29 is 33.7 Å². The number of hydrogen-bond acceptors (Lipinski definition) is 7. The molecule has 0 bridgehead atoms. The van der Waals surface area contributed by atoms with Crippen molar-refractivity contribution in [1.82, 2.24) is 4.90 Å².